The topological polar surface area (TPSA) is 30.5 Å². The molecule has 1 N–H and O–H groups in total. The third-order valence-corrected chi connectivity index (χ3v) is 4.82. The Hall–Kier alpha value is -2.56. The molecule has 3 aromatic rings. The van der Waals surface area contributed by atoms with E-state index in [9.17, 15) is 4.39 Å². The maximum atomic E-state index is 13.2. The van der Waals surface area contributed by atoms with E-state index < -0.39 is 0 Å². The molecule has 3 aromatic carbocycles. The average molecular weight is 414 g/mol. The Kier molecular flexibility index (Phi) is 7.91. The normalized spacial score (nSPS) is 10.7. The van der Waals surface area contributed by atoms with E-state index in [4.69, 9.17) is 21.1 Å². The second-order valence-corrected chi connectivity index (χ2v) is 7.06. The minimum absolute atomic E-state index is 0.244. The summed E-state index contributed by atoms with van der Waals surface area (Å²) in [6.45, 7) is 4.37. The predicted octanol–water partition coefficient (Wildman–Crippen LogP) is 5.79. The minimum atomic E-state index is -0.363. The van der Waals surface area contributed by atoms with Gasteiger partial charge in [-0.25, -0.2) is 4.39 Å². The van der Waals surface area contributed by atoms with Crippen molar-refractivity contribution in [1.29, 1.82) is 0 Å². The number of rotatable bonds is 10. The Labute approximate surface area is 176 Å². The van der Waals surface area contributed by atoms with Crippen molar-refractivity contribution < 1.29 is 13.9 Å². The van der Waals surface area contributed by atoms with Crippen molar-refractivity contribution in [2.24, 2.45) is 0 Å². The lowest BCUT2D eigenvalue weighted by atomic mass is 10.1. The van der Waals surface area contributed by atoms with Crippen molar-refractivity contribution in [3.05, 3.63) is 94.3 Å². The predicted molar refractivity (Wildman–Crippen MR) is 115 cm³/mol. The fraction of sp³-hybridized carbons (Fsp3) is 0.250. The highest BCUT2D eigenvalue weighted by atomic mass is 35.5. The smallest absolute Gasteiger partial charge is 0.161 e. The Bertz CT molecular complexity index is 918. The highest BCUT2D eigenvalue weighted by molar-refractivity contribution is 6.31. The summed E-state index contributed by atoms with van der Waals surface area (Å²) < 4.78 is 24.8. The van der Waals surface area contributed by atoms with Gasteiger partial charge in [0, 0.05) is 12.1 Å². The van der Waals surface area contributed by atoms with E-state index >= 15 is 0 Å². The molecule has 29 heavy (non-hydrogen) atoms. The zero-order valence-electron chi connectivity index (χ0n) is 16.5. The number of benzene rings is 3. The van der Waals surface area contributed by atoms with Crippen LogP contribution in [0.2, 0.25) is 5.02 Å². The first kappa shape index (κ1) is 21.2. The van der Waals surface area contributed by atoms with Crippen LogP contribution in [0.4, 0.5) is 4.39 Å². The summed E-state index contributed by atoms with van der Waals surface area (Å²) in [7, 11) is 0. The van der Waals surface area contributed by atoms with Crippen molar-refractivity contribution in [1.82, 2.24) is 5.32 Å². The molecule has 3 nitrogen and oxygen atoms in total. The lowest BCUT2D eigenvalue weighted by Crippen LogP contribution is -2.16. The van der Waals surface area contributed by atoms with Crippen molar-refractivity contribution in [2.45, 2.75) is 26.5 Å². The first-order valence-electron chi connectivity index (χ1n) is 9.73. The molecule has 0 heterocycles. The van der Waals surface area contributed by atoms with Gasteiger partial charge in [-0.15, -0.1) is 0 Å². The van der Waals surface area contributed by atoms with Gasteiger partial charge in [-0.05, 0) is 55.3 Å². The summed E-state index contributed by atoms with van der Waals surface area (Å²) in [5.41, 5.74) is 3.16. The third kappa shape index (κ3) is 6.48. The number of ether oxygens (including phenoxy) is 2. The maximum Gasteiger partial charge on any atom is 0.161 e. The van der Waals surface area contributed by atoms with E-state index in [2.05, 4.69) is 29.6 Å². The molecule has 0 saturated heterocycles. The SMILES string of the molecule is CCOc1cc(CNCCc2ccccc2)ccc1OCc1ccc(F)cc1Cl. The van der Waals surface area contributed by atoms with Crippen LogP contribution >= 0.6 is 11.6 Å². The van der Waals surface area contributed by atoms with Crippen LogP contribution in [0.3, 0.4) is 0 Å². The fourth-order valence-corrected chi connectivity index (χ4v) is 3.18. The van der Waals surface area contributed by atoms with Crippen molar-refractivity contribution >= 4 is 11.6 Å². The quantitative estimate of drug-likeness (QED) is 0.427. The Morgan fingerprint density at radius 1 is 0.897 bits per heavy atom. The molecule has 0 aliphatic heterocycles. The molecule has 5 heteroatoms. The lowest BCUT2D eigenvalue weighted by Gasteiger charge is -2.14. The van der Waals surface area contributed by atoms with Crippen LogP contribution < -0.4 is 14.8 Å². The summed E-state index contributed by atoms with van der Waals surface area (Å²) in [4.78, 5) is 0. The van der Waals surface area contributed by atoms with E-state index in [1.165, 1.54) is 17.7 Å². The molecule has 152 valence electrons. The van der Waals surface area contributed by atoms with Gasteiger partial charge in [0.1, 0.15) is 12.4 Å². The Morgan fingerprint density at radius 2 is 1.72 bits per heavy atom. The monoisotopic (exact) mass is 413 g/mol. The second-order valence-electron chi connectivity index (χ2n) is 6.65. The molecule has 0 spiro atoms. The minimum Gasteiger partial charge on any atom is -0.490 e. The van der Waals surface area contributed by atoms with Crippen LogP contribution in [-0.4, -0.2) is 13.2 Å². The number of halogens is 2. The second kappa shape index (κ2) is 10.8. The standard InChI is InChI=1S/C24H25ClFNO2/c1-2-28-24-14-19(16-27-13-12-18-6-4-3-5-7-18)8-11-23(24)29-17-20-9-10-21(26)15-22(20)25/h3-11,14-15,27H,2,12-13,16-17H2,1H3. The third-order valence-electron chi connectivity index (χ3n) is 4.47. The van der Waals surface area contributed by atoms with Gasteiger partial charge >= 0.3 is 0 Å². The van der Waals surface area contributed by atoms with Gasteiger partial charge in [-0.2, -0.15) is 0 Å². The fourth-order valence-electron chi connectivity index (χ4n) is 2.95. The zero-order chi connectivity index (χ0) is 20.5. The van der Waals surface area contributed by atoms with Crippen LogP contribution in [0, 0.1) is 5.82 Å². The molecule has 0 radical (unpaired) electrons. The van der Waals surface area contributed by atoms with E-state index in [-0.39, 0.29) is 12.4 Å². The highest BCUT2D eigenvalue weighted by Gasteiger charge is 2.09. The summed E-state index contributed by atoms with van der Waals surface area (Å²) in [6.07, 6.45) is 0.985. The molecule has 0 amide bonds. The van der Waals surface area contributed by atoms with Gasteiger partial charge in [0.15, 0.2) is 11.5 Å². The Morgan fingerprint density at radius 3 is 2.48 bits per heavy atom. The van der Waals surface area contributed by atoms with Crippen molar-refractivity contribution in [3.8, 4) is 11.5 Å². The van der Waals surface area contributed by atoms with E-state index in [1.807, 2.05) is 31.2 Å². The van der Waals surface area contributed by atoms with E-state index in [0.29, 0.717) is 23.1 Å². The summed E-state index contributed by atoms with van der Waals surface area (Å²) >= 11 is 6.08. The van der Waals surface area contributed by atoms with Crippen LogP contribution in [0.15, 0.2) is 66.7 Å². The van der Waals surface area contributed by atoms with Gasteiger partial charge in [0.2, 0.25) is 0 Å². The lowest BCUT2D eigenvalue weighted by molar-refractivity contribution is 0.269. The van der Waals surface area contributed by atoms with E-state index in [0.717, 1.165) is 30.6 Å². The van der Waals surface area contributed by atoms with Crippen LogP contribution in [0.5, 0.6) is 11.5 Å². The summed E-state index contributed by atoms with van der Waals surface area (Å²) in [6, 6.07) is 20.6. The molecular formula is C24H25ClFNO2. The summed E-state index contributed by atoms with van der Waals surface area (Å²) in [5.74, 6) is 0.964. The number of hydrogen-bond donors (Lipinski definition) is 1. The molecular weight excluding hydrogens is 389 g/mol. The van der Waals surface area contributed by atoms with Crippen LogP contribution in [0.25, 0.3) is 0 Å². The molecule has 0 aliphatic carbocycles. The molecule has 0 atom stereocenters. The van der Waals surface area contributed by atoms with Gasteiger partial charge in [-0.3, -0.25) is 0 Å². The maximum absolute atomic E-state index is 13.2. The molecule has 0 fully saturated rings. The summed E-state index contributed by atoms with van der Waals surface area (Å²) in [5, 5.41) is 3.81. The molecule has 0 aromatic heterocycles. The average Bonchev–Trinajstić information content (AvgIpc) is 2.73. The van der Waals surface area contributed by atoms with E-state index in [1.54, 1.807) is 6.07 Å². The van der Waals surface area contributed by atoms with Gasteiger partial charge < -0.3 is 14.8 Å². The largest absolute Gasteiger partial charge is 0.490 e. The van der Waals surface area contributed by atoms with Crippen LogP contribution in [0.1, 0.15) is 23.6 Å². The van der Waals surface area contributed by atoms with Gasteiger partial charge in [0.05, 0.1) is 11.6 Å². The van der Waals surface area contributed by atoms with Gasteiger partial charge in [-0.1, -0.05) is 54.1 Å². The highest BCUT2D eigenvalue weighted by Crippen LogP contribution is 2.30. The molecule has 0 saturated carbocycles. The van der Waals surface area contributed by atoms with Gasteiger partial charge in [0.25, 0.3) is 0 Å². The first-order valence-corrected chi connectivity index (χ1v) is 10.1. The first-order chi connectivity index (χ1) is 14.2. The van der Waals surface area contributed by atoms with Crippen molar-refractivity contribution in [3.63, 3.8) is 0 Å². The molecule has 0 aliphatic rings. The van der Waals surface area contributed by atoms with Crippen molar-refractivity contribution in [2.75, 3.05) is 13.2 Å². The van der Waals surface area contributed by atoms with Crippen LogP contribution in [-0.2, 0) is 19.6 Å². The molecule has 3 rings (SSSR count). The molecule has 0 unspecified atom stereocenters. The number of nitrogens with one attached hydrogen (secondary N) is 1. The Balaban J connectivity index is 1.57. The zero-order valence-corrected chi connectivity index (χ0v) is 17.2. The number of hydrogen-bond acceptors (Lipinski definition) is 3. The molecule has 0 bridgehead atoms.